The van der Waals surface area contributed by atoms with Crippen LogP contribution in [-0.2, 0) is 5.75 Å². The van der Waals surface area contributed by atoms with Gasteiger partial charge in [-0.1, -0.05) is 28.9 Å². The zero-order valence-electron chi connectivity index (χ0n) is 17.2. The molecule has 1 amide bonds. The van der Waals surface area contributed by atoms with Crippen LogP contribution in [0.4, 0.5) is 11.4 Å². The number of amides is 1. The number of hydrogen-bond donors (Lipinski definition) is 0. The lowest BCUT2D eigenvalue weighted by Crippen LogP contribution is -2.49. The quantitative estimate of drug-likeness (QED) is 0.298. The van der Waals surface area contributed by atoms with E-state index in [9.17, 15) is 14.9 Å². The van der Waals surface area contributed by atoms with Crippen molar-refractivity contribution in [2.45, 2.75) is 17.6 Å². The largest absolute Gasteiger partial charge is 0.362 e. The van der Waals surface area contributed by atoms with E-state index in [1.54, 1.807) is 30.0 Å². The van der Waals surface area contributed by atoms with Gasteiger partial charge >= 0.3 is 0 Å². The number of piperazine rings is 1. The van der Waals surface area contributed by atoms with Crippen LogP contribution in [0.2, 0.25) is 5.02 Å². The SMILES string of the molecule is Cc1noc(CSc2ccccc2C(=O)N2CCN(c3ccc(Cl)cc3[N+](=O)[O-])CC2)n1. The van der Waals surface area contributed by atoms with E-state index in [1.807, 2.05) is 23.1 Å². The molecule has 0 spiro atoms. The molecule has 9 nitrogen and oxygen atoms in total. The van der Waals surface area contributed by atoms with Gasteiger partial charge < -0.3 is 14.3 Å². The summed E-state index contributed by atoms with van der Waals surface area (Å²) in [5.41, 5.74) is 1.09. The number of benzene rings is 2. The van der Waals surface area contributed by atoms with Crippen LogP contribution in [0.25, 0.3) is 0 Å². The molecule has 2 heterocycles. The number of rotatable bonds is 6. The van der Waals surface area contributed by atoms with E-state index in [4.69, 9.17) is 16.1 Å². The number of nitro benzene ring substituents is 1. The number of hydrogen-bond acceptors (Lipinski definition) is 8. The number of halogens is 1. The highest BCUT2D eigenvalue weighted by Gasteiger charge is 2.27. The highest BCUT2D eigenvalue weighted by molar-refractivity contribution is 7.98. The molecule has 11 heteroatoms. The van der Waals surface area contributed by atoms with Crippen LogP contribution in [-0.4, -0.2) is 52.1 Å². The topological polar surface area (TPSA) is 106 Å². The fraction of sp³-hybridized carbons (Fsp3) is 0.286. The van der Waals surface area contributed by atoms with Crippen LogP contribution in [0, 0.1) is 17.0 Å². The Morgan fingerprint density at radius 3 is 2.66 bits per heavy atom. The van der Waals surface area contributed by atoms with Crippen LogP contribution in [0.3, 0.4) is 0 Å². The summed E-state index contributed by atoms with van der Waals surface area (Å²) in [6, 6.07) is 12.1. The van der Waals surface area contributed by atoms with Crippen molar-refractivity contribution in [2.75, 3.05) is 31.1 Å². The lowest BCUT2D eigenvalue weighted by Gasteiger charge is -2.36. The van der Waals surface area contributed by atoms with Gasteiger partial charge in [-0.15, -0.1) is 11.8 Å². The highest BCUT2D eigenvalue weighted by atomic mass is 35.5. The average molecular weight is 474 g/mol. The molecule has 1 aliphatic heterocycles. The summed E-state index contributed by atoms with van der Waals surface area (Å²) in [5, 5.41) is 15.5. The number of carbonyl (C=O) groups is 1. The Labute approximate surface area is 193 Å². The summed E-state index contributed by atoms with van der Waals surface area (Å²) in [7, 11) is 0. The number of aryl methyl sites for hydroxylation is 1. The first kappa shape index (κ1) is 22.1. The van der Waals surface area contributed by atoms with Gasteiger partial charge in [-0.05, 0) is 31.2 Å². The van der Waals surface area contributed by atoms with E-state index in [1.165, 1.54) is 17.8 Å². The van der Waals surface area contributed by atoms with Gasteiger partial charge in [-0.2, -0.15) is 4.98 Å². The molecule has 3 aromatic rings. The van der Waals surface area contributed by atoms with Gasteiger partial charge in [0.25, 0.3) is 11.6 Å². The summed E-state index contributed by atoms with van der Waals surface area (Å²) in [5.74, 6) is 1.48. The third-order valence-corrected chi connectivity index (χ3v) is 6.37. The molecule has 0 saturated carbocycles. The molecule has 0 radical (unpaired) electrons. The molecule has 0 N–H and O–H groups in total. The zero-order chi connectivity index (χ0) is 22.7. The number of nitro groups is 1. The monoisotopic (exact) mass is 473 g/mol. The van der Waals surface area contributed by atoms with Crippen molar-refractivity contribution in [1.82, 2.24) is 15.0 Å². The van der Waals surface area contributed by atoms with Crippen LogP contribution in [0.15, 0.2) is 51.9 Å². The third-order valence-electron chi connectivity index (χ3n) is 5.08. The maximum absolute atomic E-state index is 13.2. The van der Waals surface area contributed by atoms with Crippen molar-refractivity contribution in [1.29, 1.82) is 0 Å². The van der Waals surface area contributed by atoms with Crippen LogP contribution in [0.5, 0.6) is 0 Å². The molecule has 1 fully saturated rings. The summed E-state index contributed by atoms with van der Waals surface area (Å²) in [4.78, 5) is 32.9. The van der Waals surface area contributed by atoms with E-state index < -0.39 is 4.92 Å². The predicted molar refractivity (Wildman–Crippen MR) is 121 cm³/mol. The van der Waals surface area contributed by atoms with Gasteiger partial charge in [0.15, 0.2) is 5.82 Å². The van der Waals surface area contributed by atoms with Crippen molar-refractivity contribution >= 4 is 40.6 Å². The maximum Gasteiger partial charge on any atom is 0.294 e. The Kier molecular flexibility index (Phi) is 6.61. The Morgan fingerprint density at radius 1 is 1.22 bits per heavy atom. The first-order valence-corrected chi connectivity index (χ1v) is 11.3. The highest BCUT2D eigenvalue weighted by Crippen LogP contribution is 2.32. The molecule has 32 heavy (non-hydrogen) atoms. The number of anilines is 1. The van der Waals surface area contributed by atoms with Crippen molar-refractivity contribution in [3.05, 3.63) is 74.9 Å². The summed E-state index contributed by atoms with van der Waals surface area (Å²) in [6.45, 7) is 3.66. The molecule has 0 atom stereocenters. The lowest BCUT2D eigenvalue weighted by molar-refractivity contribution is -0.384. The van der Waals surface area contributed by atoms with Crippen LogP contribution >= 0.6 is 23.4 Å². The van der Waals surface area contributed by atoms with Gasteiger partial charge in [0.05, 0.1) is 16.2 Å². The second kappa shape index (κ2) is 9.58. The minimum absolute atomic E-state index is 0.0321. The number of carbonyl (C=O) groups excluding carboxylic acids is 1. The number of aromatic nitrogens is 2. The van der Waals surface area contributed by atoms with Gasteiger partial charge in [0.1, 0.15) is 5.69 Å². The van der Waals surface area contributed by atoms with Gasteiger partial charge in [0.2, 0.25) is 5.89 Å². The predicted octanol–water partition coefficient (Wildman–Crippen LogP) is 4.19. The van der Waals surface area contributed by atoms with E-state index in [0.717, 1.165) is 4.90 Å². The zero-order valence-corrected chi connectivity index (χ0v) is 18.8. The van der Waals surface area contributed by atoms with E-state index in [2.05, 4.69) is 10.1 Å². The Balaban J connectivity index is 1.44. The molecule has 4 rings (SSSR count). The first-order chi connectivity index (χ1) is 15.4. The standard InChI is InChI=1S/C21H20ClN5O4S/c1-14-23-20(31-24-14)13-32-19-5-3-2-4-16(19)21(28)26-10-8-25(9-11-26)17-7-6-15(22)12-18(17)27(29)30/h2-7,12H,8-11,13H2,1H3. The summed E-state index contributed by atoms with van der Waals surface area (Å²) < 4.78 is 5.15. The van der Waals surface area contributed by atoms with E-state index in [-0.39, 0.29) is 11.6 Å². The molecule has 0 unspecified atom stereocenters. The Bertz CT molecular complexity index is 1150. The Morgan fingerprint density at radius 2 is 1.97 bits per heavy atom. The van der Waals surface area contributed by atoms with Crippen LogP contribution < -0.4 is 4.90 Å². The van der Waals surface area contributed by atoms with E-state index in [0.29, 0.717) is 59.9 Å². The molecule has 1 aromatic heterocycles. The van der Waals surface area contributed by atoms with Crippen LogP contribution in [0.1, 0.15) is 22.1 Å². The summed E-state index contributed by atoms with van der Waals surface area (Å²) in [6.07, 6.45) is 0. The number of thioether (sulfide) groups is 1. The lowest BCUT2D eigenvalue weighted by atomic mass is 10.1. The molecular formula is C21H20ClN5O4S. The fourth-order valence-corrected chi connectivity index (χ4v) is 4.59. The molecule has 0 bridgehead atoms. The molecule has 0 aliphatic carbocycles. The van der Waals surface area contributed by atoms with Crippen molar-refractivity contribution < 1.29 is 14.2 Å². The average Bonchev–Trinajstić information content (AvgIpc) is 3.22. The smallest absolute Gasteiger partial charge is 0.294 e. The molecule has 166 valence electrons. The second-order valence-electron chi connectivity index (χ2n) is 7.19. The third kappa shape index (κ3) is 4.86. The minimum Gasteiger partial charge on any atom is -0.362 e. The van der Waals surface area contributed by atoms with Gasteiger partial charge in [0, 0.05) is 42.2 Å². The normalized spacial score (nSPS) is 13.9. The first-order valence-electron chi connectivity index (χ1n) is 9.91. The molecular weight excluding hydrogens is 454 g/mol. The van der Waals surface area contributed by atoms with Gasteiger partial charge in [-0.25, -0.2) is 0 Å². The Hall–Kier alpha value is -3.11. The van der Waals surface area contributed by atoms with Crippen molar-refractivity contribution in [2.24, 2.45) is 0 Å². The second-order valence-corrected chi connectivity index (χ2v) is 8.64. The van der Waals surface area contributed by atoms with Crippen molar-refractivity contribution in [3.8, 4) is 0 Å². The minimum atomic E-state index is -0.433. The van der Waals surface area contributed by atoms with E-state index >= 15 is 0 Å². The van der Waals surface area contributed by atoms with Crippen molar-refractivity contribution in [3.63, 3.8) is 0 Å². The molecule has 1 saturated heterocycles. The van der Waals surface area contributed by atoms with Gasteiger partial charge in [-0.3, -0.25) is 14.9 Å². The number of nitrogens with zero attached hydrogens (tertiary/aromatic N) is 5. The fourth-order valence-electron chi connectivity index (χ4n) is 3.54. The molecule has 1 aliphatic rings. The maximum atomic E-state index is 13.2. The molecule has 2 aromatic carbocycles. The summed E-state index contributed by atoms with van der Waals surface area (Å²) >= 11 is 7.39.